The molecule has 0 amide bonds. The number of hydrogen-bond acceptors (Lipinski definition) is 3. The van der Waals surface area contributed by atoms with Crippen molar-refractivity contribution in [3.63, 3.8) is 0 Å². The van der Waals surface area contributed by atoms with Gasteiger partial charge in [0.1, 0.15) is 0 Å². The van der Waals surface area contributed by atoms with Crippen molar-refractivity contribution in [2.75, 3.05) is 6.54 Å². The molecule has 0 saturated carbocycles. The van der Waals surface area contributed by atoms with Crippen LogP contribution < -0.4 is 4.72 Å². The first-order chi connectivity index (χ1) is 9.49. The summed E-state index contributed by atoms with van der Waals surface area (Å²) < 4.78 is 26.3. The second kappa shape index (κ2) is 6.17. The summed E-state index contributed by atoms with van der Waals surface area (Å²) in [5.41, 5.74) is 1.99. The molecule has 0 aromatic heterocycles. The van der Waals surface area contributed by atoms with Gasteiger partial charge in [-0.25, -0.2) is 13.1 Å². The molecule has 2 N–H and O–H groups in total. The van der Waals surface area contributed by atoms with E-state index in [1.54, 1.807) is 24.3 Å². The SMILES string of the molecule is C[C@H](O)CNS(=O)(=O)c1ccc(-c2ccccc2)cc1. The van der Waals surface area contributed by atoms with Gasteiger partial charge in [-0.15, -0.1) is 0 Å². The maximum Gasteiger partial charge on any atom is 0.240 e. The van der Waals surface area contributed by atoms with E-state index in [0.717, 1.165) is 11.1 Å². The predicted octanol–water partition coefficient (Wildman–Crippen LogP) is 2.01. The molecular weight excluding hydrogens is 274 g/mol. The second-order valence-corrected chi connectivity index (χ2v) is 6.36. The molecule has 0 aliphatic carbocycles. The van der Waals surface area contributed by atoms with Gasteiger partial charge in [0.25, 0.3) is 0 Å². The molecular formula is C15H17NO3S. The first-order valence-electron chi connectivity index (χ1n) is 6.32. The van der Waals surface area contributed by atoms with Gasteiger partial charge in [0.2, 0.25) is 10.0 Å². The number of aliphatic hydroxyl groups excluding tert-OH is 1. The van der Waals surface area contributed by atoms with Gasteiger partial charge < -0.3 is 5.11 Å². The van der Waals surface area contributed by atoms with E-state index in [9.17, 15) is 8.42 Å². The summed E-state index contributed by atoms with van der Waals surface area (Å²) in [4.78, 5) is 0.192. The Kier molecular flexibility index (Phi) is 4.54. The summed E-state index contributed by atoms with van der Waals surface area (Å²) in [6, 6.07) is 16.4. The Morgan fingerprint density at radius 3 is 2.10 bits per heavy atom. The van der Waals surface area contributed by atoms with Crippen molar-refractivity contribution in [2.24, 2.45) is 0 Å². The molecule has 0 spiro atoms. The molecule has 0 aliphatic rings. The normalized spacial score (nSPS) is 13.1. The zero-order valence-electron chi connectivity index (χ0n) is 11.2. The van der Waals surface area contributed by atoms with E-state index in [2.05, 4.69) is 4.72 Å². The van der Waals surface area contributed by atoms with Gasteiger partial charge in [-0.05, 0) is 30.2 Å². The lowest BCUT2D eigenvalue weighted by molar-refractivity contribution is 0.198. The Morgan fingerprint density at radius 2 is 1.55 bits per heavy atom. The lowest BCUT2D eigenvalue weighted by Gasteiger charge is -2.09. The van der Waals surface area contributed by atoms with Gasteiger partial charge in [-0.1, -0.05) is 42.5 Å². The largest absolute Gasteiger partial charge is 0.392 e. The maximum absolute atomic E-state index is 12.0. The molecule has 0 saturated heterocycles. The second-order valence-electron chi connectivity index (χ2n) is 4.59. The molecule has 1 atom stereocenters. The van der Waals surface area contributed by atoms with Crippen molar-refractivity contribution < 1.29 is 13.5 Å². The van der Waals surface area contributed by atoms with Crippen LogP contribution in [0.3, 0.4) is 0 Å². The number of rotatable bonds is 5. The third-order valence-electron chi connectivity index (χ3n) is 2.84. The molecule has 0 fully saturated rings. The predicted molar refractivity (Wildman–Crippen MR) is 78.7 cm³/mol. The average Bonchev–Trinajstić information content (AvgIpc) is 2.46. The van der Waals surface area contributed by atoms with Crippen LogP contribution >= 0.6 is 0 Å². The molecule has 5 heteroatoms. The number of hydrogen-bond donors (Lipinski definition) is 2. The fourth-order valence-corrected chi connectivity index (χ4v) is 2.89. The van der Waals surface area contributed by atoms with E-state index < -0.39 is 16.1 Å². The van der Waals surface area contributed by atoms with Crippen LogP contribution in [0.1, 0.15) is 6.92 Å². The summed E-state index contributed by atoms with van der Waals surface area (Å²) in [6.07, 6.45) is -0.714. The van der Waals surface area contributed by atoms with Crippen LogP contribution in [0, 0.1) is 0 Å². The van der Waals surface area contributed by atoms with Gasteiger partial charge in [0, 0.05) is 6.54 Å². The van der Waals surface area contributed by atoms with Gasteiger partial charge in [-0.2, -0.15) is 0 Å². The molecule has 0 heterocycles. The summed E-state index contributed by atoms with van der Waals surface area (Å²) in [6.45, 7) is 1.53. The molecule has 0 radical (unpaired) electrons. The molecule has 2 aromatic rings. The zero-order chi connectivity index (χ0) is 14.6. The van der Waals surface area contributed by atoms with Gasteiger partial charge >= 0.3 is 0 Å². The molecule has 0 bridgehead atoms. The van der Waals surface area contributed by atoms with Crippen LogP contribution in [-0.4, -0.2) is 26.2 Å². The van der Waals surface area contributed by atoms with Crippen molar-refractivity contribution in [1.29, 1.82) is 0 Å². The zero-order valence-corrected chi connectivity index (χ0v) is 12.0. The van der Waals surface area contributed by atoms with Gasteiger partial charge in [0.05, 0.1) is 11.0 Å². The molecule has 4 nitrogen and oxygen atoms in total. The Labute approximate surface area is 119 Å². The molecule has 2 rings (SSSR count). The quantitative estimate of drug-likeness (QED) is 0.885. The van der Waals surface area contributed by atoms with Crippen LogP contribution in [0.25, 0.3) is 11.1 Å². The first kappa shape index (κ1) is 14.7. The molecule has 106 valence electrons. The van der Waals surface area contributed by atoms with Crippen LogP contribution in [0.2, 0.25) is 0 Å². The van der Waals surface area contributed by atoms with Crippen molar-refractivity contribution in [3.05, 3.63) is 54.6 Å². The van der Waals surface area contributed by atoms with E-state index in [4.69, 9.17) is 5.11 Å². The van der Waals surface area contributed by atoms with E-state index in [0.29, 0.717) is 0 Å². The highest BCUT2D eigenvalue weighted by atomic mass is 32.2. The first-order valence-corrected chi connectivity index (χ1v) is 7.80. The highest BCUT2D eigenvalue weighted by Gasteiger charge is 2.14. The van der Waals surface area contributed by atoms with Crippen molar-refractivity contribution in [3.8, 4) is 11.1 Å². The van der Waals surface area contributed by atoms with E-state index >= 15 is 0 Å². The lowest BCUT2D eigenvalue weighted by atomic mass is 10.1. The summed E-state index contributed by atoms with van der Waals surface area (Å²) in [5.74, 6) is 0. The van der Waals surface area contributed by atoms with E-state index in [-0.39, 0.29) is 11.4 Å². The number of sulfonamides is 1. The van der Waals surface area contributed by atoms with Crippen LogP contribution in [-0.2, 0) is 10.0 Å². The third kappa shape index (κ3) is 3.66. The van der Waals surface area contributed by atoms with Crippen LogP contribution in [0.5, 0.6) is 0 Å². The number of nitrogens with one attached hydrogen (secondary N) is 1. The fraction of sp³-hybridized carbons (Fsp3) is 0.200. The minimum atomic E-state index is -3.56. The summed E-state index contributed by atoms with van der Waals surface area (Å²) in [5, 5.41) is 9.13. The Hall–Kier alpha value is -1.69. The van der Waals surface area contributed by atoms with E-state index in [1.165, 1.54) is 6.92 Å². The highest BCUT2D eigenvalue weighted by Crippen LogP contribution is 2.20. The highest BCUT2D eigenvalue weighted by molar-refractivity contribution is 7.89. The van der Waals surface area contributed by atoms with Crippen LogP contribution in [0.4, 0.5) is 0 Å². The molecule has 2 aromatic carbocycles. The Morgan fingerprint density at radius 1 is 1.00 bits per heavy atom. The Balaban J connectivity index is 2.20. The van der Waals surface area contributed by atoms with Gasteiger partial charge in [0.15, 0.2) is 0 Å². The minimum absolute atomic E-state index is 0.00275. The van der Waals surface area contributed by atoms with Crippen LogP contribution in [0.15, 0.2) is 59.5 Å². The average molecular weight is 291 g/mol. The molecule has 20 heavy (non-hydrogen) atoms. The van der Waals surface area contributed by atoms with Crippen molar-refractivity contribution >= 4 is 10.0 Å². The van der Waals surface area contributed by atoms with Crippen molar-refractivity contribution in [1.82, 2.24) is 4.72 Å². The minimum Gasteiger partial charge on any atom is -0.392 e. The maximum atomic E-state index is 12.0. The Bertz CT molecular complexity index is 649. The van der Waals surface area contributed by atoms with Crippen molar-refractivity contribution in [2.45, 2.75) is 17.9 Å². The monoisotopic (exact) mass is 291 g/mol. The molecule has 0 aliphatic heterocycles. The number of benzene rings is 2. The van der Waals surface area contributed by atoms with Gasteiger partial charge in [-0.3, -0.25) is 0 Å². The van der Waals surface area contributed by atoms with E-state index in [1.807, 2.05) is 30.3 Å². The summed E-state index contributed by atoms with van der Waals surface area (Å²) >= 11 is 0. The molecule has 0 unspecified atom stereocenters. The topological polar surface area (TPSA) is 66.4 Å². The number of aliphatic hydroxyl groups is 1. The fourth-order valence-electron chi connectivity index (χ4n) is 1.77. The standard InChI is InChI=1S/C15H17NO3S/c1-12(17)11-16-20(18,19)15-9-7-14(8-10-15)13-5-3-2-4-6-13/h2-10,12,16-17H,11H2,1H3/t12-/m0/s1. The summed E-state index contributed by atoms with van der Waals surface area (Å²) in [7, 11) is -3.56. The lowest BCUT2D eigenvalue weighted by Crippen LogP contribution is -2.30. The third-order valence-corrected chi connectivity index (χ3v) is 4.28. The smallest absolute Gasteiger partial charge is 0.240 e.